The fourth-order valence-corrected chi connectivity index (χ4v) is 5.31. The topological polar surface area (TPSA) is 128 Å². The zero-order valence-electron chi connectivity index (χ0n) is 20.2. The molecule has 0 bridgehead atoms. The first kappa shape index (κ1) is 25.9. The summed E-state index contributed by atoms with van der Waals surface area (Å²) in [5.74, 6) is 0.798. The van der Waals surface area contributed by atoms with Crippen LogP contribution in [0.3, 0.4) is 0 Å². The highest BCUT2D eigenvalue weighted by Crippen LogP contribution is 2.36. The maximum Gasteiger partial charge on any atom is 0.271 e. The molecule has 1 unspecified atom stereocenters. The van der Waals surface area contributed by atoms with Crippen LogP contribution in [-0.2, 0) is 14.6 Å². The van der Waals surface area contributed by atoms with Crippen LogP contribution in [0.2, 0.25) is 0 Å². The van der Waals surface area contributed by atoms with E-state index in [1.165, 1.54) is 55.9 Å². The molecule has 4 aromatic rings. The van der Waals surface area contributed by atoms with Gasteiger partial charge in [-0.05, 0) is 30.3 Å². The summed E-state index contributed by atoms with van der Waals surface area (Å²) in [6, 6.07) is 17.9. The molecule has 0 aliphatic carbocycles. The maximum atomic E-state index is 13.4. The zero-order chi connectivity index (χ0) is 26.6. The van der Waals surface area contributed by atoms with E-state index in [0.717, 1.165) is 4.70 Å². The van der Waals surface area contributed by atoms with Gasteiger partial charge in [0.05, 0.1) is 46.7 Å². The molecule has 0 aliphatic rings. The van der Waals surface area contributed by atoms with Gasteiger partial charge in [-0.2, -0.15) is 5.26 Å². The molecule has 37 heavy (non-hydrogen) atoms. The molecule has 190 valence electrons. The number of amides is 1. The second-order valence-electron chi connectivity index (χ2n) is 7.79. The molecule has 1 aromatic heterocycles. The zero-order valence-corrected chi connectivity index (χ0v) is 21.9. The molecule has 1 amide bonds. The Bertz CT molecular complexity index is 1550. The minimum Gasteiger partial charge on any atom is -0.493 e. The average molecular weight is 538 g/mol. The molecule has 1 N–H and O–H groups in total. The second kappa shape index (κ2) is 10.9. The van der Waals surface area contributed by atoms with Crippen molar-refractivity contribution in [3.8, 4) is 23.3 Å². The van der Waals surface area contributed by atoms with E-state index >= 15 is 0 Å². The fourth-order valence-electron chi connectivity index (χ4n) is 3.54. The van der Waals surface area contributed by atoms with E-state index in [2.05, 4.69) is 10.3 Å². The Morgan fingerprint density at radius 1 is 1.08 bits per heavy atom. The summed E-state index contributed by atoms with van der Waals surface area (Å²) in [6.45, 7) is 1.56. The van der Waals surface area contributed by atoms with Crippen molar-refractivity contribution in [3.63, 3.8) is 0 Å². The van der Waals surface area contributed by atoms with E-state index in [4.69, 9.17) is 14.2 Å². The second-order valence-corrected chi connectivity index (χ2v) is 11.1. The number of hydrogen-bond donors (Lipinski definition) is 1. The number of sulfone groups is 1. The van der Waals surface area contributed by atoms with Gasteiger partial charge in [0.1, 0.15) is 5.75 Å². The molecule has 3 aromatic carbocycles. The van der Waals surface area contributed by atoms with Crippen molar-refractivity contribution in [1.82, 2.24) is 4.98 Å². The quantitative estimate of drug-likeness (QED) is 0.324. The van der Waals surface area contributed by atoms with Crippen molar-refractivity contribution in [2.75, 3.05) is 25.3 Å². The van der Waals surface area contributed by atoms with Gasteiger partial charge in [-0.25, -0.2) is 13.4 Å². The third-order valence-electron chi connectivity index (χ3n) is 5.50. The van der Waals surface area contributed by atoms with Crippen LogP contribution in [0.15, 0.2) is 65.6 Å². The van der Waals surface area contributed by atoms with Gasteiger partial charge in [0, 0.05) is 17.7 Å². The number of nitrogens with one attached hydrogen (secondary N) is 1. The van der Waals surface area contributed by atoms with Gasteiger partial charge in [-0.15, -0.1) is 0 Å². The number of aromatic nitrogens is 1. The Kier molecular flexibility index (Phi) is 7.61. The molecule has 1 atom stereocenters. The fraction of sp³-hybridized carbons (Fsp3) is 0.192. The first-order valence-electron chi connectivity index (χ1n) is 11.1. The van der Waals surface area contributed by atoms with Gasteiger partial charge in [-0.1, -0.05) is 36.5 Å². The highest BCUT2D eigenvalue weighted by molar-refractivity contribution is 7.91. The molecule has 0 saturated carbocycles. The number of ether oxygens (including phenoxy) is 3. The number of benzene rings is 3. The highest BCUT2D eigenvalue weighted by Gasteiger charge is 2.25. The number of thiazole rings is 1. The predicted octanol–water partition coefficient (Wildman–Crippen LogP) is 4.74. The Hall–Kier alpha value is -4.14. The molecular weight excluding hydrogens is 514 g/mol. The van der Waals surface area contributed by atoms with Crippen molar-refractivity contribution in [3.05, 3.63) is 71.8 Å². The summed E-state index contributed by atoms with van der Waals surface area (Å²) < 4.78 is 41.9. The number of nitrogens with zero attached hydrogens (tertiary/aromatic N) is 2. The first-order valence-corrected chi connectivity index (χ1v) is 13.6. The normalized spacial score (nSPS) is 11.9. The summed E-state index contributed by atoms with van der Waals surface area (Å²) in [5, 5.41) is 12.3. The van der Waals surface area contributed by atoms with Crippen LogP contribution < -0.4 is 19.5 Å². The number of carbonyl (C=O) groups excluding carboxylic acids is 1. The van der Waals surface area contributed by atoms with Gasteiger partial charge in [-0.3, -0.25) is 10.1 Å². The Morgan fingerprint density at radius 2 is 1.78 bits per heavy atom. The predicted molar refractivity (Wildman–Crippen MR) is 140 cm³/mol. The van der Waals surface area contributed by atoms with Crippen LogP contribution in [0, 0.1) is 11.3 Å². The largest absolute Gasteiger partial charge is 0.493 e. The monoisotopic (exact) mass is 537 g/mol. The minimum atomic E-state index is -3.41. The highest BCUT2D eigenvalue weighted by atomic mass is 32.2. The van der Waals surface area contributed by atoms with Crippen LogP contribution in [0.25, 0.3) is 10.2 Å². The molecule has 0 radical (unpaired) electrons. The lowest BCUT2D eigenvalue weighted by Gasteiger charge is -2.19. The molecule has 0 spiro atoms. The molecule has 0 saturated heterocycles. The van der Waals surface area contributed by atoms with Gasteiger partial charge in [0.15, 0.2) is 26.5 Å². The molecule has 0 aliphatic heterocycles. The van der Waals surface area contributed by atoms with E-state index < -0.39 is 21.8 Å². The Labute approximate surface area is 218 Å². The summed E-state index contributed by atoms with van der Waals surface area (Å²) in [4.78, 5) is 18.1. The summed E-state index contributed by atoms with van der Waals surface area (Å²) in [5.41, 5.74) is 1.42. The van der Waals surface area contributed by atoms with Crippen molar-refractivity contribution in [2.24, 2.45) is 0 Å². The smallest absolute Gasteiger partial charge is 0.271 e. The van der Waals surface area contributed by atoms with Crippen LogP contribution in [0.4, 0.5) is 5.13 Å². The van der Waals surface area contributed by atoms with Crippen molar-refractivity contribution >= 4 is 42.4 Å². The Morgan fingerprint density at radius 3 is 2.43 bits per heavy atom. The van der Waals surface area contributed by atoms with Crippen LogP contribution in [-0.4, -0.2) is 39.3 Å². The molecule has 11 heteroatoms. The van der Waals surface area contributed by atoms with E-state index in [0.29, 0.717) is 39.0 Å². The number of rotatable bonds is 9. The lowest BCUT2D eigenvalue weighted by molar-refractivity contribution is -0.123. The van der Waals surface area contributed by atoms with Gasteiger partial charge in [0.2, 0.25) is 6.10 Å². The van der Waals surface area contributed by atoms with E-state index in [-0.39, 0.29) is 10.6 Å². The van der Waals surface area contributed by atoms with E-state index in [1.54, 1.807) is 37.3 Å². The van der Waals surface area contributed by atoms with Gasteiger partial charge >= 0.3 is 0 Å². The standard InChI is InChI=1S/C26H23N3O6S2/c1-4-37(31,32)19-10-8-17(9-11-19)24(35-18-7-5-6-16(12-18)15-27)25(30)29-26-28-20-13-21(33-2)22(34-3)14-23(20)36-26/h5-14,24H,4H2,1-3H3,(H,28,29,30). The molecule has 9 nitrogen and oxygen atoms in total. The maximum absolute atomic E-state index is 13.4. The van der Waals surface area contributed by atoms with E-state index in [1.807, 2.05) is 6.07 Å². The van der Waals surface area contributed by atoms with Crippen molar-refractivity contribution in [2.45, 2.75) is 17.9 Å². The minimum absolute atomic E-state index is 0.0408. The molecular formula is C26H23N3O6S2. The lowest BCUT2D eigenvalue weighted by atomic mass is 10.1. The summed E-state index contributed by atoms with van der Waals surface area (Å²) >= 11 is 1.25. The van der Waals surface area contributed by atoms with Crippen LogP contribution in [0.1, 0.15) is 24.2 Å². The third kappa shape index (κ3) is 5.66. The summed E-state index contributed by atoms with van der Waals surface area (Å²) in [7, 11) is -0.348. The Balaban J connectivity index is 1.67. The molecule has 1 heterocycles. The lowest BCUT2D eigenvalue weighted by Crippen LogP contribution is -2.25. The number of anilines is 1. The van der Waals surface area contributed by atoms with Crippen LogP contribution in [0.5, 0.6) is 17.2 Å². The number of nitriles is 1. The van der Waals surface area contributed by atoms with E-state index in [9.17, 15) is 18.5 Å². The number of carbonyl (C=O) groups is 1. The van der Waals surface area contributed by atoms with Crippen molar-refractivity contribution in [1.29, 1.82) is 5.26 Å². The van der Waals surface area contributed by atoms with Gasteiger partial charge in [0.25, 0.3) is 5.91 Å². The average Bonchev–Trinajstić information content (AvgIpc) is 3.31. The third-order valence-corrected chi connectivity index (χ3v) is 8.19. The molecule has 4 rings (SSSR count). The SMILES string of the molecule is CCS(=O)(=O)c1ccc(C(Oc2cccc(C#N)c2)C(=O)Nc2nc3cc(OC)c(OC)cc3s2)cc1. The van der Waals surface area contributed by atoms with Crippen molar-refractivity contribution < 1.29 is 27.4 Å². The number of methoxy groups -OCH3 is 2. The summed E-state index contributed by atoms with van der Waals surface area (Å²) in [6.07, 6.45) is -1.15. The first-order chi connectivity index (χ1) is 17.8. The van der Waals surface area contributed by atoms with Gasteiger partial charge < -0.3 is 14.2 Å². The number of hydrogen-bond acceptors (Lipinski definition) is 9. The number of fused-ring (bicyclic) bond motifs is 1. The van der Waals surface area contributed by atoms with Crippen LogP contribution >= 0.6 is 11.3 Å². The molecule has 0 fully saturated rings.